The summed E-state index contributed by atoms with van der Waals surface area (Å²) in [5, 5.41) is 16.0. The molecule has 2 N–H and O–H groups in total. The number of nitrogens with zero attached hydrogens (tertiary/aromatic N) is 1. The first-order chi connectivity index (χ1) is 8.99. The average molecular weight is 260 g/mol. The van der Waals surface area contributed by atoms with Crippen LogP contribution >= 0.6 is 0 Å². The first-order valence-corrected chi connectivity index (χ1v) is 6.22. The van der Waals surface area contributed by atoms with Crippen molar-refractivity contribution in [3.05, 3.63) is 39.7 Å². The second-order valence-electron chi connectivity index (χ2n) is 4.85. The molecule has 0 bridgehead atoms. The van der Waals surface area contributed by atoms with Crippen LogP contribution in [0.1, 0.15) is 37.4 Å². The van der Waals surface area contributed by atoms with E-state index in [1.165, 1.54) is 0 Å². The molecule has 0 spiro atoms. The molecule has 0 amide bonds. The molecule has 0 radical (unpaired) electrons. The van der Waals surface area contributed by atoms with Crippen molar-refractivity contribution in [3.63, 3.8) is 0 Å². The summed E-state index contributed by atoms with van der Waals surface area (Å²) in [5.41, 5.74) is 1.84. The molecule has 1 aromatic heterocycles. The van der Waals surface area contributed by atoms with Gasteiger partial charge < -0.3 is 5.11 Å². The van der Waals surface area contributed by atoms with Crippen LogP contribution in [0.3, 0.4) is 0 Å². The highest BCUT2D eigenvalue weighted by Gasteiger charge is 2.10. The number of aryl methyl sites for hydroxylation is 1. The molecule has 100 valence electrons. The van der Waals surface area contributed by atoms with Gasteiger partial charge in [-0.2, -0.15) is 5.10 Å². The van der Waals surface area contributed by atoms with E-state index in [1.807, 2.05) is 18.2 Å². The first kappa shape index (κ1) is 13.3. The Hall–Kier alpha value is -2.17. The summed E-state index contributed by atoms with van der Waals surface area (Å²) < 4.78 is 0. The molecule has 0 atom stereocenters. The van der Waals surface area contributed by atoms with Gasteiger partial charge in [0.05, 0.1) is 11.9 Å². The lowest BCUT2D eigenvalue weighted by molar-refractivity contribution is -0.136. The van der Waals surface area contributed by atoms with Gasteiger partial charge in [0, 0.05) is 11.8 Å². The molecule has 1 heterocycles. The molecule has 0 aliphatic rings. The van der Waals surface area contributed by atoms with Gasteiger partial charge in [0.2, 0.25) is 5.43 Å². The van der Waals surface area contributed by atoms with Crippen LogP contribution < -0.4 is 5.43 Å². The van der Waals surface area contributed by atoms with Crippen LogP contribution in [-0.4, -0.2) is 21.3 Å². The highest BCUT2D eigenvalue weighted by atomic mass is 16.4. The van der Waals surface area contributed by atoms with E-state index in [9.17, 15) is 9.59 Å². The van der Waals surface area contributed by atoms with E-state index < -0.39 is 5.97 Å². The van der Waals surface area contributed by atoms with Crippen molar-refractivity contribution in [2.24, 2.45) is 0 Å². The van der Waals surface area contributed by atoms with Gasteiger partial charge in [-0.05, 0) is 23.6 Å². The Bertz CT molecular complexity index is 674. The fourth-order valence-electron chi connectivity index (χ4n) is 1.94. The van der Waals surface area contributed by atoms with E-state index in [2.05, 4.69) is 24.0 Å². The van der Waals surface area contributed by atoms with E-state index in [0.717, 1.165) is 5.56 Å². The lowest BCUT2D eigenvalue weighted by Gasteiger charge is -2.07. The van der Waals surface area contributed by atoms with E-state index >= 15 is 0 Å². The molecule has 0 fully saturated rings. The van der Waals surface area contributed by atoms with E-state index in [-0.39, 0.29) is 24.0 Å². The number of carboxylic acid groups (broad SMARTS) is 1. The van der Waals surface area contributed by atoms with Crippen molar-refractivity contribution in [2.75, 3.05) is 0 Å². The Morgan fingerprint density at radius 2 is 2.16 bits per heavy atom. The van der Waals surface area contributed by atoms with Crippen molar-refractivity contribution in [1.29, 1.82) is 0 Å². The summed E-state index contributed by atoms with van der Waals surface area (Å²) >= 11 is 0. The second-order valence-corrected chi connectivity index (χ2v) is 4.85. The summed E-state index contributed by atoms with van der Waals surface area (Å²) in [4.78, 5) is 22.8. The average Bonchev–Trinajstić information content (AvgIpc) is 2.37. The fourth-order valence-corrected chi connectivity index (χ4v) is 1.94. The zero-order chi connectivity index (χ0) is 14.0. The van der Waals surface area contributed by atoms with Crippen LogP contribution in [0.25, 0.3) is 10.9 Å². The highest BCUT2D eigenvalue weighted by Crippen LogP contribution is 2.18. The number of benzene rings is 1. The third kappa shape index (κ3) is 2.81. The molecule has 2 rings (SSSR count). The Labute approximate surface area is 110 Å². The third-order valence-corrected chi connectivity index (χ3v) is 3.10. The van der Waals surface area contributed by atoms with Crippen LogP contribution in [-0.2, 0) is 11.2 Å². The summed E-state index contributed by atoms with van der Waals surface area (Å²) in [5.74, 6) is -0.600. The molecule has 0 unspecified atom stereocenters. The minimum absolute atomic E-state index is 0.0918. The monoisotopic (exact) mass is 260 g/mol. The zero-order valence-electron chi connectivity index (χ0n) is 10.9. The number of aromatic amines is 1. The van der Waals surface area contributed by atoms with E-state index in [0.29, 0.717) is 16.8 Å². The Balaban J connectivity index is 2.49. The number of carboxylic acids is 1. The zero-order valence-corrected chi connectivity index (χ0v) is 10.9. The smallest absolute Gasteiger partial charge is 0.303 e. The lowest BCUT2D eigenvalue weighted by atomic mass is 10.0. The minimum atomic E-state index is -0.933. The number of rotatable bonds is 4. The number of aliphatic carboxylic acids is 1. The normalized spacial score (nSPS) is 11.1. The summed E-state index contributed by atoms with van der Waals surface area (Å²) in [7, 11) is 0. The summed E-state index contributed by atoms with van der Waals surface area (Å²) in [6.45, 7) is 4.11. The molecule has 0 aliphatic carbocycles. The number of fused-ring (bicyclic) bond motifs is 1. The van der Waals surface area contributed by atoms with Gasteiger partial charge in [0.25, 0.3) is 0 Å². The van der Waals surface area contributed by atoms with Crippen molar-refractivity contribution in [2.45, 2.75) is 32.6 Å². The van der Waals surface area contributed by atoms with E-state index in [1.54, 1.807) is 0 Å². The highest BCUT2D eigenvalue weighted by molar-refractivity contribution is 5.79. The molecule has 5 nitrogen and oxygen atoms in total. The standard InChI is InChI=1S/C14H16N2O3/c1-8(2)9-3-4-11-10(7-9)14(19)12(16-15-11)5-6-13(17)18/h3-4,7-8H,5-6H2,1-2H3,(H,15,19)(H,17,18). The molecule has 0 saturated heterocycles. The maximum absolute atomic E-state index is 12.2. The number of aromatic nitrogens is 2. The van der Waals surface area contributed by atoms with Crippen molar-refractivity contribution >= 4 is 16.9 Å². The number of hydrogen-bond donors (Lipinski definition) is 2. The molecule has 1 aromatic carbocycles. The lowest BCUT2D eigenvalue weighted by Crippen LogP contribution is -2.15. The van der Waals surface area contributed by atoms with Gasteiger partial charge in [-0.15, -0.1) is 0 Å². The first-order valence-electron chi connectivity index (χ1n) is 6.22. The van der Waals surface area contributed by atoms with Gasteiger partial charge in [-0.1, -0.05) is 19.9 Å². The van der Waals surface area contributed by atoms with Gasteiger partial charge in [0.1, 0.15) is 5.69 Å². The number of nitrogens with one attached hydrogen (secondary N) is 1. The molecule has 0 saturated carbocycles. The topological polar surface area (TPSA) is 83.1 Å². The van der Waals surface area contributed by atoms with Crippen LogP contribution in [0.15, 0.2) is 23.0 Å². The van der Waals surface area contributed by atoms with Gasteiger partial charge in [-0.3, -0.25) is 14.7 Å². The molecule has 2 aromatic rings. The third-order valence-electron chi connectivity index (χ3n) is 3.10. The summed E-state index contributed by atoms with van der Waals surface area (Å²) in [6.07, 6.45) is 0.0535. The Morgan fingerprint density at radius 1 is 1.42 bits per heavy atom. The quantitative estimate of drug-likeness (QED) is 0.881. The maximum atomic E-state index is 12.2. The number of H-pyrrole nitrogens is 1. The van der Waals surface area contributed by atoms with Crippen LogP contribution in [0.5, 0.6) is 0 Å². The largest absolute Gasteiger partial charge is 0.481 e. The Morgan fingerprint density at radius 3 is 2.79 bits per heavy atom. The van der Waals surface area contributed by atoms with Crippen LogP contribution in [0.4, 0.5) is 0 Å². The summed E-state index contributed by atoms with van der Waals surface area (Å²) in [6, 6.07) is 5.65. The number of carbonyl (C=O) groups is 1. The van der Waals surface area contributed by atoms with Crippen molar-refractivity contribution in [1.82, 2.24) is 10.2 Å². The maximum Gasteiger partial charge on any atom is 0.303 e. The Kier molecular flexibility index (Phi) is 3.64. The van der Waals surface area contributed by atoms with Crippen molar-refractivity contribution < 1.29 is 9.90 Å². The van der Waals surface area contributed by atoms with Crippen molar-refractivity contribution in [3.8, 4) is 0 Å². The van der Waals surface area contributed by atoms with Crippen LogP contribution in [0.2, 0.25) is 0 Å². The van der Waals surface area contributed by atoms with Crippen LogP contribution in [0, 0.1) is 0 Å². The molecule has 0 aliphatic heterocycles. The minimum Gasteiger partial charge on any atom is -0.481 e. The fraction of sp³-hybridized carbons (Fsp3) is 0.357. The molecular weight excluding hydrogens is 244 g/mol. The predicted molar refractivity (Wildman–Crippen MR) is 72.4 cm³/mol. The van der Waals surface area contributed by atoms with Gasteiger partial charge >= 0.3 is 5.97 Å². The number of hydrogen-bond acceptors (Lipinski definition) is 3. The van der Waals surface area contributed by atoms with Gasteiger partial charge in [0.15, 0.2) is 0 Å². The molecule has 19 heavy (non-hydrogen) atoms. The predicted octanol–water partition coefficient (Wildman–Crippen LogP) is 2.06. The van der Waals surface area contributed by atoms with E-state index in [4.69, 9.17) is 5.11 Å². The second kappa shape index (κ2) is 5.22. The SMILES string of the molecule is CC(C)c1ccc2[nH]nc(CCC(=O)O)c(=O)c2c1. The molecular formula is C14H16N2O3. The van der Waals surface area contributed by atoms with Gasteiger partial charge in [-0.25, -0.2) is 0 Å². The molecule has 5 heteroatoms.